The molecule has 4 rings (SSSR count). The number of rotatable bonds is 5. The molecule has 6 nitrogen and oxygen atoms in total. The van der Waals surface area contributed by atoms with Gasteiger partial charge in [-0.3, -0.25) is 0 Å². The molecule has 0 unspecified atom stereocenters. The molecule has 0 aliphatic carbocycles. The van der Waals surface area contributed by atoms with Crippen molar-refractivity contribution in [3.8, 4) is 56.9 Å². The maximum absolute atomic E-state index is 10.5. The van der Waals surface area contributed by atoms with Gasteiger partial charge in [0.15, 0.2) is 23.0 Å². The van der Waals surface area contributed by atoms with Gasteiger partial charge in [0, 0.05) is 11.1 Å². The molecule has 0 saturated heterocycles. The molecule has 2 heterocycles. The van der Waals surface area contributed by atoms with Gasteiger partial charge in [0.05, 0.1) is 37.0 Å². The number of para-hydroxylation sites is 2. The number of benzene rings is 2. The first-order valence-corrected chi connectivity index (χ1v) is 9.29. The van der Waals surface area contributed by atoms with E-state index in [-0.39, 0.29) is 11.5 Å². The van der Waals surface area contributed by atoms with E-state index in [9.17, 15) is 10.2 Å². The lowest BCUT2D eigenvalue weighted by atomic mass is 10.1. The normalized spacial score (nSPS) is 10.6. The van der Waals surface area contributed by atoms with Crippen molar-refractivity contribution in [2.45, 2.75) is 0 Å². The fourth-order valence-corrected chi connectivity index (χ4v) is 3.24. The van der Waals surface area contributed by atoms with Crippen LogP contribution in [-0.2, 0) is 0 Å². The highest BCUT2D eigenvalue weighted by Crippen LogP contribution is 2.38. The molecule has 6 heteroatoms. The van der Waals surface area contributed by atoms with Crippen molar-refractivity contribution >= 4 is 0 Å². The number of methoxy groups -OCH3 is 2. The molecule has 0 spiro atoms. The first-order valence-electron chi connectivity index (χ1n) is 9.29. The average molecular weight is 400 g/mol. The van der Waals surface area contributed by atoms with Gasteiger partial charge in [0.2, 0.25) is 0 Å². The van der Waals surface area contributed by atoms with Gasteiger partial charge in [0.25, 0.3) is 0 Å². The highest BCUT2D eigenvalue weighted by Gasteiger charge is 2.14. The third kappa shape index (κ3) is 3.51. The highest BCUT2D eigenvalue weighted by atomic mass is 16.5. The highest BCUT2D eigenvalue weighted by molar-refractivity contribution is 5.74. The van der Waals surface area contributed by atoms with Gasteiger partial charge in [-0.05, 0) is 48.5 Å². The van der Waals surface area contributed by atoms with E-state index in [0.29, 0.717) is 45.4 Å². The third-order valence-corrected chi connectivity index (χ3v) is 4.75. The van der Waals surface area contributed by atoms with E-state index in [1.165, 1.54) is 14.2 Å². The smallest absolute Gasteiger partial charge is 0.167 e. The Kier molecular flexibility index (Phi) is 5.22. The van der Waals surface area contributed by atoms with Crippen molar-refractivity contribution < 1.29 is 19.7 Å². The van der Waals surface area contributed by atoms with Crippen LogP contribution in [0.1, 0.15) is 0 Å². The van der Waals surface area contributed by atoms with Crippen LogP contribution in [0.15, 0.2) is 72.8 Å². The molecule has 30 heavy (non-hydrogen) atoms. The predicted molar refractivity (Wildman–Crippen MR) is 115 cm³/mol. The molecule has 0 bridgehead atoms. The van der Waals surface area contributed by atoms with Crippen molar-refractivity contribution in [3.05, 3.63) is 72.8 Å². The number of hydrogen-bond acceptors (Lipinski definition) is 6. The summed E-state index contributed by atoms with van der Waals surface area (Å²) in [5.74, 6) is 0.835. The zero-order valence-electron chi connectivity index (χ0n) is 16.5. The second-order valence-corrected chi connectivity index (χ2v) is 6.53. The van der Waals surface area contributed by atoms with Crippen LogP contribution in [0.5, 0.6) is 23.0 Å². The Morgan fingerprint density at radius 2 is 0.900 bits per heavy atom. The van der Waals surface area contributed by atoms with Crippen molar-refractivity contribution in [1.29, 1.82) is 0 Å². The van der Waals surface area contributed by atoms with Gasteiger partial charge in [-0.15, -0.1) is 0 Å². The first kappa shape index (κ1) is 19.3. The summed E-state index contributed by atoms with van der Waals surface area (Å²) in [6.07, 6.45) is 0. The Balaban J connectivity index is 1.77. The van der Waals surface area contributed by atoms with E-state index >= 15 is 0 Å². The lowest BCUT2D eigenvalue weighted by molar-refractivity contribution is 0.374. The number of ether oxygens (including phenoxy) is 2. The Morgan fingerprint density at radius 1 is 0.533 bits per heavy atom. The molecule has 150 valence electrons. The molecule has 0 fully saturated rings. The lowest BCUT2D eigenvalue weighted by Crippen LogP contribution is -1.94. The van der Waals surface area contributed by atoms with Crippen molar-refractivity contribution in [3.63, 3.8) is 0 Å². The Hall–Kier alpha value is -4.06. The van der Waals surface area contributed by atoms with Crippen LogP contribution in [-0.4, -0.2) is 34.4 Å². The summed E-state index contributed by atoms with van der Waals surface area (Å²) in [4.78, 5) is 9.35. The molecular weight excluding hydrogens is 380 g/mol. The number of nitrogens with zero attached hydrogens (tertiary/aromatic N) is 2. The molecule has 0 aliphatic heterocycles. The second-order valence-electron chi connectivity index (χ2n) is 6.53. The number of aromatic nitrogens is 2. The fourth-order valence-electron chi connectivity index (χ4n) is 3.24. The van der Waals surface area contributed by atoms with Gasteiger partial charge in [0.1, 0.15) is 0 Å². The zero-order chi connectivity index (χ0) is 21.1. The van der Waals surface area contributed by atoms with Crippen LogP contribution in [0.2, 0.25) is 0 Å². The minimum absolute atomic E-state index is 0.0349. The van der Waals surface area contributed by atoms with E-state index in [0.717, 1.165) is 0 Å². The number of pyridine rings is 2. The first-order chi connectivity index (χ1) is 14.6. The number of phenols is 2. The third-order valence-electron chi connectivity index (χ3n) is 4.75. The molecule has 2 aromatic carbocycles. The minimum Gasteiger partial charge on any atom is -0.504 e. The van der Waals surface area contributed by atoms with E-state index < -0.39 is 0 Å². The van der Waals surface area contributed by atoms with E-state index in [4.69, 9.17) is 9.47 Å². The molecule has 0 atom stereocenters. The molecule has 0 radical (unpaired) electrons. The van der Waals surface area contributed by atoms with Crippen molar-refractivity contribution in [1.82, 2.24) is 9.97 Å². The van der Waals surface area contributed by atoms with Gasteiger partial charge in [-0.1, -0.05) is 24.3 Å². The standard InChI is InChI=1S/C24H20N2O4/c1-29-21-13-3-7-15(23(21)27)17-9-5-11-19(25-17)20-12-6-10-18(26-20)16-8-4-14-22(30-2)24(16)28/h3-14,27-28H,1-2H3. The summed E-state index contributed by atoms with van der Waals surface area (Å²) in [6.45, 7) is 0. The Morgan fingerprint density at radius 3 is 1.30 bits per heavy atom. The molecule has 2 N–H and O–H groups in total. The SMILES string of the molecule is COc1cccc(-c2cccc(-c3cccc(-c4cccc(OC)c4O)n3)n2)c1O. The maximum Gasteiger partial charge on any atom is 0.167 e. The number of aromatic hydroxyl groups is 2. The van der Waals surface area contributed by atoms with Crippen LogP contribution >= 0.6 is 0 Å². The van der Waals surface area contributed by atoms with Gasteiger partial charge < -0.3 is 19.7 Å². The zero-order valence-corrected chi connectivity index (χ0v) is 16.5. The van der Waals surface area contributed by atoms with Crippen LogP contribution in [0, 0.1) is 0 Å². The van der Waals surface area contributed by atoms with Crippen molar-refractivity contribution in [2.24, 2.45) is 0 Å². The molecule has 4 aromatic rings. The van der Waals surface area contributed by atoms with Gasteiger partial charge >= 0.3 is 0 Å². The minimum atomic E-state index is 0.0349. The molecule has 2 aromatic heterocycles. The topological polar surface area (TPSA) is 84.7 Å². The number of phenolic OH excluding ortho intramolecular Hbond substituents is 2. The van der Waals surface area contributed by atoms with Crippen LogP contribution in [0.25, 0.3) is 33.9 Å². The van der Waals surface area contributed by atoms with E-state index in [1.807, 2.05) is 36.4 Å². The summed E-state index contributed by atoms with van der Waals surface area (Å²) >= 11 is 0. The quantitative estimate of drug-likeness (QED) is 0.495. The Labute approximate surface area is 174 Å². The summed E-state index contributed by atoms with van der Waals surface area (Å²) in [5.41, 5.74) is 3.61. The van der Waals surface area contributed by atoms with Gasteiger partial charge in [-0.25, -0.2) is 9.97 Å². The summed E-state index contributed by atoms with van der Waals surface area (Å²) in [6, 6.07) is 21.6. The van der Waals surface area contributed by atoms with Crippen LogP contribution < -0.4 is 9.47 Å². The maximum atomic E-state index is 10.5. The summed E-state index contributed by atoms with van der Waals surface area (Å²) in [7, 11) is 3.01. The molecule has 0 amide bonds. The molecule has 0 aliphatic rings. The van der Waals surface area contributed by atoms with Crippen LogP contribution in [0.3, 0.4) is 0 Å². The van der Waals surface area contributed by atoms with E-state index in [1.54, 1.807) is 36.4 Å². The fraction of sp³-hybridized carbons (Fsp3) is 0.0833. The van der Waals surface area contributed by atoms with E-state index in [2.05, 4.69) is 9.97 Å². The van der Waals surface area contributed by atoms with Crippen molar-refractivity contribution in [2.75, 3.05) is 14.2 Å². The molecular formula is C24H20N2O4. The van der Waals surface area contributed by atoms with Crippen LogP contribution in [0.4, 0.5) is 0 Å². The predicted octanol–water partition coefficient (Wildman–Crippen LogP) is 4.91. The largest absolute Gasteiger partial charge is 0.504 e. The summed E-state index contributed by atoms with van der Waals surface area (Å²) in [5, 5.41) is 20.9. The van der Waals surface area contributed by atoms with Gasteiger partial charge in [-0.2, -0.15) is 0 Å². The average Bonchev–Trinajstić information content (AvgIpc) is 2.79. The monoisotopic (exact) mass is 400 g/mol. The second kappa shape index (κ2) is 8.13. The summed E-state index contributed by atoms with van der Waals surface area (Å²) < 4.78 is 10.4. The number of hydrogen-bond donors (Lipinski definition) is 2. The lowest BCUT2D eigenvalue weighted by Gasteiger charge is -2.11. The molecule has 0 saturated carbocycles. The Bertz CT molecular complexity index is 1110.